The molecule has 0 aromatic rings. The van der Waals surface area contributed by atoms with Gasteiger partial charge >= 0.3 is 0 Å². The summed E-state index contributed by atoms with van der Waals surface area (Å²) in [6.45, 7) is 6.00. The molecule has 0 spiro atoms. The van der Waals surface area contributed by atoms with E-state index in [9.17, 15) is 0 Å². The number of hydrogen-bond acceptors (Lipinski definition) is 0. The second kappa shape index (κ2) is 8.38. The molecule has 0 saturated heterocycles. The molecule has 0 amide bonds. The molecule has 0 aromatic heterocycles. The third-order valence-corrected chi connectivity index (χ3v) is 3.49. The van der Waals surface area contributed by atoms with Crippen molar-refractivity contribution in [1.82, 2.24) is 0 Å². The Morgan fingerprint density at radius 1 is 0.625 bits per heavy atom. The lowest BCUT2D eigenvalue weighted by Gasteiger charge is -2.09. The predicted molar refractivity (Wildman–Crippen MR) is 73.6 cm³/mol. The fourth-order valence-electron chi connectivity index (χ4n) is 2.61. The highest BCUT2D eigenvalue weighted by Crippen LogP contribution is 2.29. The maximum absolute atomic E-state index is 3.00. The van der Waals surface area contributed by atoms with Gasteiger partial charge in [-0.2, -0.15) is 0 Å². The molecule has 90 valence electrons. The fourth-order valence-corrected chi connectivity index (χ4v) is 2.61. The van der Waals surface area contributed by atoms with Crippen molar-refractivity contribution in [1.29, 1.82) is 0 Å². The maximum atomic E-state index is 3.00. The molecule has 0 atom stereocenters. The van der Waals surface area contributed by atoms with Crippen molar-refractivity contribution >= 4 is 0 Å². The molecule has 0 heterocycles. The van der Waals surface area contributed by atoms with Crippen LogP contribution >= 0.6 is 0 Å². The minimum Gasteiger partial charge on any atom is -0.106 e. The Bertz CT molecular complexity index is 219. The summed E-state index contributed by atoms with van der Waals surface area (Å²) >= 11 is 0. The molecule has 0 radical (unpaired) electrons. The Kier molecular flexibility index (Phi) is 6.96. The number of rotatable bonds is 1. The number of allylic oxidation sites excluding steroid dienone is 4. The molecule has 0 nitrogen and oxygen atoms in total. The Balaban J connectivity index is 0.000000606. The first-order chi connectivity index (χ1) is 7.97. The lowest BCUT2D eigenvalue weighted by atomic mass is 9.97. The smallest absolute Gasteiger partial charge is 0.0279 e. The van der Waals surface area contributed by atoms with Gasteiger partial charge in [-0.05, 0) is 62.5 Å². The van der Waals surface area contributed by atoms with Gasteiger partial charge in [-0.25, -0.2) is 0 Å². The summed E-state index contributed by atoms with van der Waals surface area (Å²) in [6, 6.07) is 0. The molecule has 0 aliphatic heterocycles. The van der Waals surface area contributed by atoms with Crippen LogP contribution in [0, 0.1) is 0 Å². The molecule has 0 bridgehead atoms. The predicted octanol–water partition coefficient (Wildman–Crippen LogP) is 5.57. The maximum Gasteiger partial charge on any atom is -0.0279 e. The van der Waals surface area contributed by atoms with Crippen molar-refractivity contribution in [3.8, 4) is 0 Å². The van der Waals surface area contributed by atoms with Crippen molar-refractivity contribution in [2.75, 3.05) is 0 Å². The van der Waals surface area contributed by atoms with Crippen molar-refractivity contribution in [2.45, 2.75) is 64.2 Å². The summed E-state index contributed by atoms with van der Waals surface area (Å²) in [4.78, 5) is 0. The van der Waals surface area contributed by atoms with Gasteiger partial charge in [0.25, 0.3) is 0 Å². The third-order valence-electron chi connectivity index (χ3n) is 3.49. The van der Waals surface area contributed by atoms with Crippen molar-refractivity contribution in [3.63, 3.8) is 0 Å². The van der Waals surface area contributed by atoms with Crippen LogP contribution in [0.2, 0.25) is 0 Å². The van der Waals surface area contributed by atoms with E-state index in [4.69, 9.17) is 0 Å². The molecule has 0 unspecified atom stereocenters. The summed E-state index contributed by atoms with van der Waals surface area (Å²) in [6.07, 6.45) is 18.9. The molecule has 0 heteroatoms. The third kappa shape index (κ3) is 4.38. The van der Waals surface area contributed by atoms with Gasteiger partial charge in [0, 0.05) is 0 Å². The van der Waals surface area contributed by atoms with E-state index >= 15 is 0 Å². The van der Waals surface area contributed by atoms with Gasteiger partial charge in [0.05, 0.1) is 0 Å². The van der Waals surface area contributed by atoms with Crippen LogP contribution in [0.25, 0.3) is 0 Å². The lowest BCUT2D eigenvalue weighted by Crippen LogP contribution is -1.89. The van der Waals surface area contributed by atoms with Crippen molar-refractivity contribution in [3.05, 3.63) is 36.5 Å². The summed E-state index contributed by atoms with van der Waals surface area (Å²) in [5.74, 6) is 0. The normalized spacial score (nSPS) is 21.8. The molecular formula is C16H26. The van der Waals surface area contributed by atoms with E-state index in [2.05, 4.69) is 25.3 Å². The van der Waals surface area contributed by atoms with Gasteiger partial charge in [-0.1, -0.05) is 25.0 Å². The minimum absolute atomic E-state index is 1.33. The highest BCUT2D eigenvalue weighted by atomic mass is 14.1. The Morgan fingerprint density at radius 3 is 1.50 bits per heavy atom. The Labute approximate surface area is 101 Å². The van der Waals surface area contributed by atoms with Gasteiger partial charge < -0.3 is 0 Å². The van der Waals surface area contributed by atoms with Crippen LogP contribution in [0.3, 0.4) is 0 Å². The van der Waals surface area contributed by atoms with Gasteiger partial charge in [0.2, 0.25) is 0 Å². The van der Waals surface area contributed by atoms with Gasteiger partial charge in [-0.15, -0.1) is 13.2 Å². The van der Waals surface area contributed by atoms with Crippen molar-refractivity contribution < 1.29 is 0 Å². The second-order valence-corrected chi connectivity index (χ2v) is 4.66. The summed E-state index contributed by atoms with van der Waals surface area (Å²) in [7, 11) is 0. The quantitative estimate of drug-likeness (QED) is 0.505. The van der Waals surface area contributed by atoms with Crippen LogP contribution in [-0.4, -0.2) is 0 Å². The average molecular weight is 218 g/mol. The minimum atomic E-state index is 1.33. The lowest BCUT2D eigenvalue weighted by molar-refractivity contribution is 0.699. The first kappa shape index (κ1) is 13.3. The van der Waals surface area contributed by atoms with E-state index in [0.29, 0.717) is 0 Å². The van der Waals surface area contributed by atoms with Crippen LogP contribution in [0.15, 0.2) is 36.5 Å². The van der Waals surface area contributed by atoms with E-state index in [-0.39, 0.29) is 0 Å². The summed E-state index contributed by atoms with van der Waals surface area (Å²) < 4.78 is 0. The van der Waals surface area contributed by atoms with Crippen LogP contribution in [-0.2, 0) is 0 Å². The Hall–Kier alpha value is -0.780. The van der Waals surface area contributed by atoms with Gasteiger partial charge in [0.1, 0.15) is 0 Å². The van der Waals surface area contributed by atoms with Crippen LogP contribution in [0.1, 0.15) is 64.2 Å². The van der Waals surface area contributed by atoms with E-state index in [1.807, 2.05) is 0 Å². The SMILES string of the molecule is C1=C(C2=CCCCCC2)CCCCC1.C=C. The average Bonchev–Trinajstić information content (AvgIpc) is 2.76. The molecule has 0 aromatic carbocycles. The second-order valence-electron chi connectivity index (χ2n) is 4.66. The topological polar surface area (TPSA) is 0 Å². The highest BCUT2D eigenvalue weighted by molar-refractivity contribution is 5.31. The standard InChI is InChI=1S/C14H22.C2H4/c1-2-6-10-13(9-5-1)14-11-7-3-4-8-12-14;1-2/h9,11H,1-8,10,12H2;1-2H2. The van der Waals surface area contributed by atoms with E-state index in [1.165, 1.54) is 64.2 Å². The van der Waals surface area contributed by atoms with Crippen LogP contribution in [0.5, 0.6) is 0 Å². The Morgan fingerprint density at radius 2 is 1.06 bits per heavy atom. The first-order valence-corrected chi connectivity index (χ1v) is 6.85. The molecule has 2 rings (SSSR count). The molecule has 2 aliphatic carbocycles. The summed E-state index contributed by atoms with van der Waals surface area (Å²) in [5.41, 5.74) is 3.40. The summed E-state index contributed by atoms with van der Waals surface area (Å²) in [5, 5.41) is 0. The molecule has 0 fully saturated rings. The highest BCUT2D eigenvalue weighted by Gasteiger charge is 2.09. The van der Waals surface area contributed by atoms with Gasteiger partial charge in [-0.3, -0.25) is 0 Å². The number of hydrogen-bond donors (Lipinski definition) is 0. The van der Waals surface area contributed by atoms with E-state index < -0.39 is 0 Å². The largest absolute Gasteiger partial charge is 0.106 e. The molecule has 16 heavy (non-hydrogen) atoms. The van der Waals surface area contributed by atoms with E-state index in [0.717, 1.165) is 0 Å². The van der Waals surface area contributed by atoms with E-state index in [1.54, 1.807) is 11.1 Å². The molecule has 0 saturated carbocycles. The van der Waals surface area contributed by atoms with Crippen LogP contribution in [0.4, 0.5) is 0 Å². The molecular weight excluding hydrogens is 192 g/mol. The monoisotopic (exact) mass is 218 g/mol. The zero-order chi connectivity index (χ0) is 11.6. The van der Waals surface area contributed by atoms with Gasteiger partial charge in [0.15, 0.2) is 0 Å². The fraction of sp³-hybridized carbons (Fsp3) is 0.625. The van der Waals surface area contributed by atoms with Crippen molar-refractivity contribution in [2.24, 2.45) is 0 Å². The zero-order valence-corrected chi connectivity index (χ0v) is 10.6. The molecule has 0 N–H and O–H groups in total. The zero-order valence-electron chi connectivity index (χ0n) is 10.6. The molecule has 2 aliphatic rings. The van der Waals surface area contributed by atoms with Crippen LogP contribution < -0.4 is 0 Å². The first-order valence-electron chi connectivity index (χ1n) is 6.85.